The lowest BCUT2D eigenvalue weighted by Gasteiger charge is -2.22. The van der Waals surface area contributed by atoms with Gasteiger partial charge in [-0.05, 0) is 30.3 Å². The zero-order valence-electron chi connectivity index (χ0n) is 12.8. The van der Waals surface area contributed by atoms with Crippen molar-refractivity contribution in [1.29, 1.82) is 0 Å². The van der Waals surface area contributed by atoms with Crippen LogP contribution in [0.25, 0.3) is 0 Å². The number of hydrogen-bond acceptors (Lipinski definition) is 4. The third-order valence-corrected chi connectivity index (χ3v) is 4.21. The maximum absolute atomic E-state index is 12.8. The van der Waals surface area contributed by atoms with Gasteiger partial charge in [0, 0.05) is 23.3 Å². The molecule has 0 aliphatic carbocycles. The van der Waals surface area contributed by atoms with Gasteiger partial charge < -0.3 is 10.0 Å². The fraction of sp³-hybridized carbons (Fsp3) is 0.167. The summed E-state index contributed by atoms with van der Waals surface area (Å²) in [7, 11) is 0. The highest BCUT2D eigenvalue weighted by molar-refractivity contribution is 6.31. The molecule has 6 heteroatoms. The smallest absolute Gasteiger partial charge is 0.264 e. The van der Waals surface area contributed by atoms with Crippen LogP contribution in [0.3, 0.4) is 0 Å². The lowest BCUT2D eigenvalue weighted by Crippen LogP contribution is -2.42. The monoisotopic (exact) mass is 342 g/mol. The van der Waals surface area contributed by atoms with E-state index in [0.29, 0.717) is 16.3 Å². The van der Waals surface area contributed by atoms with Gasteiger partial charge in [-0.25, -0.2) is 0 Å². The Labute approximate surface area is 144 Å². The number of halogens is 1. The third kappa shape index (κ3) is 2.62. The Balaban J connectivity index is 2.03. The molecule has 122 valence electrons. The number of nitrogens with zero attached hydrogens (tertiary/aromatic N) is 2. The van der Waals surface area contributed by atoms with Gasteiger partial charge >= 0.3 is 0 Å². The summed E-state index contributed by atoms with van der Waals surface area (Å²) in [6, 6.07) is 9.72. The van der Waals surface area contributed by atoms with Crippen LogP contribution in [0.4, 0.5) is 5.69 Å². The standard InChI is InChI=1S/C18H15ClN2O3/c1-2-9-21-15-7-6-12(19)10-13(15)18(24,17(21)23)11-16(22)14-5-3-4-8-20-14/h2-8,10,24H,1,9,11H2/t18-/m1/s1. The molecule has 1 aliphatic heterocycles. The van der Waals surface area contributed by atoms with E-state index in [4.69, 9.17) is 11.6 Å². The molecule has 0 unspecified atom stereocenters. The fourth-order valence-electron chi connectivity index (χ4n) is 2.85. The average Bonchev–Trinajstić information content (AvgIpc) is 2.78. The summed E-state index contributed by atoms with van der Waals surface area (Å²) in [6.45, 7) is 3.86. The molecular weight excluding hydrogens is 328 g/mol. The number of Topliss-reactive ketones (excluding diaryl/α,β-unsaturated/α-hetero) is 1. The van der Waals surface area contributed by atoms with E-state index in [0.717, 1.165) is 0 Å². The minimum absolute atomic E-state index is 0.199. The van der Waals surface area contributed by atoms with Gasteiger partial charge in [0.05, 0.1) is 12.1 Å². The third-order valence-electron chi connectivity index (χ3n) is 3.97. The largest absolute Gasteiger partial charge is 0.375 e. The predicted molar refractivity (Wildman–Crippen MR) is 91.1 cm³/mol. The summed E-state index contributed by atoms with van der Waals surface area (Å²) in [5.74, 6) is -0.984. The zero-order chi connectivity index (χ0) is 17.3. The predicted octanol–water partition coefficient (Wildman–Crippen LogP) is 2.73. The number of aliphatic hydroxyl groups is 1. The number of benzene rings is 1. The topological polar surface area (TPSA) is 70.5 Å². The van der Waals surface area contributed by atoms with Crippen LogP contribution in [0.5, 0.6) is 0 Å². The van der Waals surface area contributed by atoms with Crippen molar-refractivity contribution in [3.8, 4) is 0 Å². The molecule has 0 fully saturated rings. The van der Waals surface area contributed by atoms with Crippen LogP contribution >= 0.6 is 11.6 Å². The van der Waals surface area contributed by atoms with Gasteiger partial charge in [-0.3, -0.25) is 14.6 Å². The summed E-state index contributed by atoms with van der Waals surface area (Å²) in [4.78, 5) is 30.6. The van der Waals surface area contributed by atoms with Gasteiger partial charge in [0.15, 0.2) is 11.4 Å². The van der Waals surface area contributed by atoms with Gasteiger partial charge in [0.1, 0.15) is 5.69 Å². The van der Waals surface area contributed by atoms with Crippen molar-refractivity contribution in [3.63, 3.8) is 0 Å². The van der Waals surface area contributed by atoms with Crippen molar-refractivity contribution in [2.45, 2.75) is 12.0 Å². The van der Waals surface area contributed by atoms with Crippen LogP contribution < -0.4 is 4.90 Å². The minimum atomic E-state index is -1.96. The molecule has 0 saturated heterocycles. The van der Waals surface area contributed by atoms with E-state index in [1.807, 2.05) is 0 Å². The van der Waals surface area contributed by atoms with Gasteiger partial charge in [-0.1, -0.05) is 23.7 Å². The number of aromatic nitrogens is 1. The zero-order valence-corrected chi connectivity index (χ0v) is 13.5. The first kappa shape index (κ1) is 16.4. The van der Waals surface area contributed by atoms with Gasteiger partial charge in [0.2, 0.25) is 0 Å². The van der Waals surface area contributed by atoms with Crippen LogP contribution in [-0.4, -0.2) is 28.3 Å². The second kappa shape index (κ2) is 6.19. The number of hydrogen-bond donors (Lipinski definition) is 1. The highest BCUT2D eigenvalue weighted by atomic mass is 35.5. The van der Waals surface area contributed by atoms with Crippen molar-refractivity contribution in [2.24, 2.45) is 0 Å². The number of carbonyl (C=O) groups is 2. The van der Waals surface area contributed by atoms with Crippen LogP contribution in [0.1, 0.15) is 22.5 Å². The van der Waals surface area contributed by atoms with E-state index in [2.05, 4.69) is 11.6 Å². The van der Waals surface area contributed by atoms with E-state index in [9.17, 15) is 14.7 Å². The van der Waals surface area contributed by atoms with Crippen molar-refractivity contribution < 1.29 is 14.7 Å². The van der Waals surface area contributed by atoms with Gasteiger partial charge in [-0.2, -0.15) is 0 Å². The summed E-state index contributed by atoms with van der Waals surface area (Å²) in [6.07, 6.45) is 2.65. The molecule has 2 aromatic rings. The molecule has 1 atom stereocenters. The molecule has 0 bridgehead atoms. The molecule has 1 amide bonds. The van der Waals surface area contributed by atoms with Crippen molar-refractivity contribution in [2.75, 3.05) is 11.4 Å². The molecule has 0 saturated carbocycles. The number of amides is 1. The molecule has 1 aliphatic rings. The second-order valence-electron chi connectivity index (χ2n) is 5.54. The number of ketones is 1. The first-order valence-electron chi connectivity index (χ1n) is 7.37. The Bertz CT molecular complexity index is 822. The Morgan fingerprint density at radius 2 is 2.17 bits per heavy atom. The maximum atomic E-state index is 12.8. The molecule has 24 heavy (non-hydrogen) atoms. The molecule has 1 N–H and O–H groups in total. The first-order chi connectivity index (χ1) is 11.5. The Morgan fingerprint density at radius 1 is 1.38 bits per heavy atom. The highest BCUT2D eigenvalue weighted by Crippen LogP contribution is 2.43. The molecule has 0 spiro atoms. The molecule has 2 heterocycles. The number of fused-ring (bicyclic) bond motifs is 1. The van der Waals surface area contributed by atoms with Crippen LogP contribution in [-0.2, 0) is 10.4 Å². The van der Waals surface area contributed by atoms with Crippen LogP contribution in [0, 0.1) is 0 Å². The Morgan fingerprint density at radius 3 is 2.83 bits per heavy atom. The second-order valence-corrected chi connectivity index (χ2v) is 5.98. The quantitative estimate of drug-likeness (QED) is 0.670. The summed E-state index contributed by atoms with van der Waals surface area (Å²) >= 11 is 6.02. The molecular formula is C18H15ClN2O3. The SMILES string of the molecule is C=CCN1C(=O)[C@@](O)(CC(=O)c2ccccn2)c2cc(Cl)ccc21. The van der Waals surface area contributed by atoms with Crippen molar-refractivity contribution >= 4 is 29.0 Å². The van der Waals surface area contributed by atoms with Gasteiger partial charge in [0.25, 0.3) is 5.91 Å². The molecule has 0 radical (unpaired) electrons. The lowest BCUT2D eigenvalue weighted by atomic mass is 9.89. The minimum Gasteiger partial charge on any atom is -0.375 e. The van der Waals surface area contributed by atoms with Crippen LogP contribution in [0.15, 0.2) is 55.3 Å². The molecule has 1 aromatic heterocycles. The number of anilines is 1. The van der Waals surface area contributed by atoms with E-state index in [-0.39, 0.29) is 12.2 Å². The summed E-state index contributed by atoms with van der Waals surface area (Å²) in [5, 5.41) is 11.4. The average molecular weight is 343 g/mol. The van der Waals surface area contributed by atoms with E-state index < -0.39 is 23.7 Å². The summed E-state index contributed by atoms with van der Waals surface area (Å²) in [5.41, 5.74) is -0.908. The van der Waals surface area contributed by atoms with Crippen molar-refractivity contribution in [1.82, 2.24) is 4.98 Å². The van der Waals surface area contributed by atoms with E-state index in [1.165, 1.54) is 17.2 Å². The lowest BCUT2D eigenvalue weighted by molar-refractivity contribution is -0.135. The summed E-state index contributed by atoms with van der Waals surface area (Å²) < 4.78 is 0. The Kier molecular flexibility index (Phi) is 4.22. The Hall–Kier alpha value is -2.50. The fourth-order valence-corrected chi connectivity index (χ4v) is 3.03. The molecule has 1 aromatic carbocycles. The van der Waals surface area contributed by atoms with Crippen molar-refractivity contribution in [3.05, 3.63) is 71.5 Å². The maximum Gasteiger partial charge on any atom is 0.264 e. The van der Waals surface area contributed by atoms with Gasteiger partial charge in [-0.15, -0.1) is 6.58 Å². The normalized spacial score (nSPS) is 19.2. The van der Waals surface area contributed by atoms with E-state index >= 15 is 0 Å². The molecule has 3 rings (SSSR count). The number of carbonyl (C=O) groups excluding carboxylic acids is 2. The molecule has 5 nitrogen and oxygen atoms in total. The van der Waals surface area contributed by atoms with E-state index in [1.54, 1.807) is 36.4 Å². The number of pyridine rings is 1. The number of rotatable bonds is 5. The first-order valence-corrected chi connectivity index (χ1v) is 7.74. The van der Waals surface area contributed by atoms with Crippen LogP contribution in [0.2, 0.25) is 5.02 Å². The highest BCUT2D eigenvalue weighted by Gasteiger charge is 2.50.